The Labute approximate surface area is 308 Å². The zero-order valence-corrected chi connectivity index (χ0v) is 30.8. The van der Waals surface area contributed by atoms with Crippen molar-refractivity contribution in [3.63, 3.8) is 0 Å². The summed E-state index contributed by atoms with van der Waals surface area (Å²) in [4.78, 5) is 52.6. The van der Waals surface area contributed by atoms with Crippen molar-refractivity contribution in [2.45, 2.75) is 51.7 Å². The van der Waals surface area contributed by atoms with Crippen LogP contribution in [0.1, 0.15) is 66.6 Å². The number of pyridine rings is 1. The van der Waals surface area contributed by atoms with Crippen molar-refractivity contribution in [1.82, 2.24) is 39.9 Å². The minimum atomic E-state index is -0.562. The van der Waals surface area contributed by atoms with Crippen LogP contribution in [0.15, 0.2) is 52.8 Å². The lowest BCUT2D eigenvalue weighted by molar-refractivity contribution is 0.0886. The van der Waals surface area contributed by atoms with Crippen molar-refractivity contribution in [1.29, 1.82) is 0 Å². The average molecular weight is 747 g/mol. The second-order valence-electron chi connectivity index (χ2n) is 13.1. The van der Waals surface area contributed by atoms with Crippen LogP contribution < -0.4 is 25.8 Å². The molecule has 17 heteroatoms. The number of hydrogen-bond donors (Lipinski definition) is 2. The molecule has 4 aromatic heterocycles. The molecule has 272 valence electrons. The fraction of sp³-hybridized carbons (Fsp3) is 0.371. The molecule has 2 amide bonds. The number of carbonyl (C=O) groups is 2. The lowest BCUT2D eigenvalue weighted by Gasteiger charge is -2.33. The van der Waals surface area contributed by atoms with Crippen LogP contribution in [-0.4, -0.2) is 85.3 Å². The van der Waals surface area contributed by atoms with Crippen molar-refractivity contribution < 1.29 is 19.1 Å². The van der Waals surface area contributed by atoms with Crippen molar-refractivity contribution in [2.24, 2.45) is 0 Å². The van der Waals surface area contributed by atoms with Gasteiger partial charge >= 0.3 is 6.09 Å². The fourth-order valence-electron chi connectivity index (χ4n) is 5.52. The van der Waals surface area contributed by atoms with Gasteiger partial charge in [-0.05, 0) is 60.0 Å². The number of anilines is 2. The Morgan fingerprint density at radius 1 is 1.13 bits per heavy atom. The number of piperidine rings is 1. The standard InChI is InChI=1S/C35H39ClN10O5S/c1-35(2,3)27-21-52-33(38-27)40-31(47)23-13-17-45-29(18-23)39-30(44-16-5-6-25(20-44)51-34(49)37-15-14-36)26(32(45)48)11-12-28-41-43-46(42-28)19-22-7-9-24(50-4)10-8-22/h7-13,17-18,21,25H,5-6,14-16,19-20H2,1-4H3,(H,37,49)(H,38,40,47)/t25-/m1/s1. The van der Waals surface area contributed by atoms with Gasteiger partial charge in [0.1, 0.15) is 23.3 Å². The highest BCUT2D eigenvalue weighted by Crippen LogP contribution is 2.27. The average Bonchev–Trinajstić information content (AvgIpc) is 3.80. The zero-order valence-electron chi connectivity index (χ0n) is 29.2. The number of carbonyl (C=O) groups excluding carboxylic acids is 2. The van der Waals surface area contributed by atoms with Crippen molar-refractivity contribution >= 4 is 63.7 Å². The first-order chi connectivity index (χ1) is 25.0. The van der Waals surface area contributed by atoms with Gasteiger partial charge in [0.15, 0.2) is 11.0 Å². The van der Waals surface area contributed by atoms with E-state index in [0.717, 1.165) is 17.0 Å². The Kier molecular flexibility index (Phi) is 11.1. The van der Waals surface area contributed by atoms with Crippen LogP contribution in [0, 0.1) is 0 Å². The van der Waals surface area contributed by atoms with Crippen LogP contribution in [0.4, 0.5) is 15.7 Å². The number of methoxy groups -OCH3 is 1. The molecule has 0 aliphatic carbocycles. The summed E-state index contributed by atoms with van der Waals surface area (Å²) < 4.78 is 12.3. The number of benzene rings is 1. The minimum Gasteiger partial charge on any atom is -0.497 e. The minimum absolute atomic E-state index is 0.160. The second kappa shape index (κ2) is 15.9. The third-order valence-corrected chi connectivity index (χ3v) is 9.21. The first-order valence-electron chi connectivity index (χ1n) is 16.7. The number of aromatic nitrogens is 7. The lowest BCUT2D eigenvalue weighted by atomic mass is 9.93. The predicted octanol–water partition coefficient (Wildman–Crippen LogP) is 4.85. The number of fused-ring (bicyclic) bond motifs is 1. The molecule has 0 radical (unpaired) electrons. The quantitative estimate of drug-likeness (QED) is 0.177. The van der Waals surface area contributed by atoms with Gasteiger partial charge in [0.2, 0.25) is 0 Å². The van der Waals surface area contributed by atoms with Crippen LogP contribution in [0.2, 0.25) is 0 Å². The van der Waals surface area contributed by atoms with Crippen LogP contribution >= 0.6 is 22.9 Å². The van der Waals surface area contributed by atoms with E-state index in [9.17, 15) is 14.4 Å². The second-order valence-corrected chi connectivity index (χ2v) is 14.4. The molecule has 1 aliphatic heterocycles. The third kappa shape index (κ3) is 8.74. The lowest BCUT2D eigenvalue weighted by Crippen LogP contribution is -2.43. The van der Waals surface area contributed by atoms with E-state index in [2.05, 4.69) is 51.8 Å². The van der Waals surface area contributed by atoms with E-state index in [4.69, 9.17) is 26.1 Å². The number of alkyl carbamates (subject to hydrolysis) is 1. The van der Waals surface area contributed by atoms with Gasteiger partial charge in [-0.2, -0.15) is 4.80 Å². The fourth-order valence-corrected chi connectivity index (χ4v) is 6.55. The van der Waals surface area contributed by atoms with E-state index in [0.29, 0.717) is 54.8 Å². The number of tetrazole rings is 1. The SMILES string of the molecule is COc1ccc(Cn2nnc(C=Cc3c(N4CCC[C@@H](OC(=O)NCCCl)C4)nc4cc(C(=O)Nc5nc(C(C)(C)C)cs5)ccn4c3=O)n2)cc1. The highest BCUT2D eigenvalue weighted by Gasteiger charge is 2.27. The maximum Gasteiger partial charge on any atom is 0.407 e. The van der Waals surface area contributed by atoms with Gasteiger partial charge in [-0.15, -0.1) is 33.1 Å². The predicted molar refractivity (Wildman–Crippen MR) is 200 cm³/mol. The first kappa shape index (κ1) is 36.4. The van der Waals surface area contributed by atoms with E-state index >= 15 is 0 Å². The molecule has 1 saturated heterocycles. The summed E-state index contributed by atoms with van der Waals surface area (Å²) in [6.45, 7) is 7.69. The third-order valence-electron chi connectivity index (χ3n) is 8.27. The Morgan fingerprint density at radius 3 is 2.67 bits per heavy atom. The molecule has 1 atom stereocenters. The Morgan fingerprint density at radius 2 is 1.94 bits per heavy atom. The highest BCUT2D eigenvalue weighted by molar-refractivity contribution is 7.14. The molecule has 0 spiro atoms. The maximum atomic E-state index is 14.1. The Balaban J connectivity index is 1.30. The molecule has 0 saturated carbocycles. The molecule has 15 nitrogen and oxygen atoms in total. The van der Waals surface area contributed by atoms with Gasteiger partial charge in [-0.1, -0.05) is 32.9 Å². The van der Waals surface area contributed by atoms with Crippen LogP contribution in [-0.2, 0) is 16.7 Å². The maximum absolute atomic E-state index is 14.1. The molecule has 6 rings (SSSR count). The first-order valence-corrected chi connectivity index (χ1v) is 18.1. The number of amides is 2. The molecule has 5 heterocycles. The summed E-state index contributed by atoms with van der Waals surface area (Å²) in [7, 11) is 1.61. The number of rotatable bonds is 11. The Bertz CT molecular complexity index is 2140. The summed E-state index contributed by atoms with van der Waals surface area (Å²) >= 11 is 7.06. The van der Waals surface area contributed by atoms with Gasteiger partial charge in [-0.3, -0.25) is 19.3 Å². The summed E-state index contributed by atoms with van der Waals surface area (Å²) in [6, 6.07) is 10.7. The zero-order chi connectivity index (χ0) is 36.8. The number of alkyl halides is 1. The van der Waals surface area contributed by atoms with Crippen LogP contribution in [0.3, 0.4) is 0 Å². The molecule has 52 heavy (non-hydrogen) atoms. The van der Waals surface area contributed by atoms with E-state index in [1.54, 1.807) is 31.4 Å². The van der Waals surface area contributed by atoms with Gasteiger partial charge in [0.25, 0.3) is 11.5 Å². The van der Waals surface area contributed by atoms with Gasteiger partial charge in [0, 0.05) is 41.5 Å². The normalized spacial score (nSPS) is 14.9. The molecule has 1 aromatic carbocycles. The summed E-state index contributed by atoms with van der Waals surface area (Å²) in [5.41, 5.74) is 2.15. The van der Waals surface area contributed by atoms with E-state index in [1.165, 1.54) is 26.7 Å². The molecule has 0 unspecified atom stereocenters. The summed E-state index contributed by atoms with van der Waals surface area (Å²) in [5.74, 6) is 1.29. The Hall–Kier alpha value is -5.35. The molecule has 1 aliphatic rings. The van der Waals surface area contributed by atoms with Gasteiger partial charge < -0.3 is 19.7 Å². The number of nitrogens with one attached hydrogen (secondary N) is 2. The van der Waals surface area contributed by atoms with Gasteiger partial charge in [-0.25, -0.2) is 14.8 Å². The number of ether oxygens (including phenoxy) is 2. The van der Waals surface area contributed by atoms with Crippen LogP contribution in [0.25, 0.3) is 17.8 Å². The molecular weight excluding hydrogens is 708 g/mol. The van der Waals surface area contributed by atoms with E-state index < -0.39 is 12.2 Å². The molecule has 2 N–H and O–H groups in total. The highest BCUT2D eigenvalue weighted by atomic mass is 35.5. The number of halogens is 1. The van der Waals surface area contributed by atoms with Crippen LogP contribution in [0.5, 0.6) is 5.75 Å². The largest absolute Gasteiger partial charge is 0.497 e. The smallest absolute Gasteiger partial charge is 0.407 e. The molecule has 5 aromatic rings. The number of hydrogen-bond acceptors (Lipinski definition) is 12. The molecule has 1 fully saturated rings. The monoisotopic (exact) mass is 746 g/mol. The van der Waals surface area contributed by atoms with Crippen molar-refractivity contribution in [3.05, 3.63) is 86.5 Å². The van der Waals surface area contributed by atoms with E-state index in [-0.39, 0.29) is 40.5 Å². The molecule has 0 bridgehead atoms. The van der Waals surface area contributed by atoms with Gasteiger partial charge in [0.05, 0.1) is 31.5 Å². The van der Waals surface area contributed by atoms with Crippen molar-refractivity contribution in [2.75, 3.05) is 42.8 Å². The van der Waals surface area contributed by atoms with Crippen molar-refractivity contribution in [3.8, 4) is 5.75 Å². The van der Waals surface area contributed by atoms with E-state index in [1.807, 2.05) is 34.5 Å². The summed E-state index contributed by atoms with van der Waals surface area (Å²) in [5, 5.41) is 20.6. The number of nitrogens with zero attached hydrogens (tertiary/aromatic N) is 8. The number of thiazole rings is 1. The summed E-state index contributed by atoms with van der Waals surface area (Å²) in [6.07, 6.45) is 5.05. The topological polar surface area (TPSA) is 171 Å². The molecular formula is C35H39ClN10O5S.